The molecule has 5 atom stereocenters. The summed E-state index contributed by atoms with van der Waals surface area (Å²) in [4.78, 5) is 55.7. The van der Waals surface area contributed by atoms with Gasteiger partial charge in [0.2, 0.25) is 17.8 Å². The smallest absolute Gasteiger partial charge is 0.407 e. The fraction of sp³-hybridized carbons (Fsp3) is 0.475. The molecule has 3 aliphatic rings. The van der Waals surface area contributed by atoms with Crippen molar-refractivity contribution in [2.75, 3.05) is 27.3 Å². The molecule has 4 aromatic rings. The molecule has 7 rings (SSSR count). The van der Waals surface area contributed by atoms with Crippen LogP contribution in [-0.4, -0.2) is 98.6 Å². The number of aromatic nitrogens is 4. The molecule has 310 valence electrons. The molecule has 0 bridgehead atoms. The zero-order chi connectivity index (χ0) is 41.4. The number of carbonyl (C=O) groups excluding carboxylic acids is 3. The van der Waals surface area contributed by atoms with Gasteiger partial charge in [0.1, 0.15) is 35.3 Å². The van der Waals surface area contributed by atoms with Gasteiger partial charge in [-0.05, 0) is 73.9 Å². The van der Waals surface area contributed by atoms with Crippen molar-refractivity contribution in [1.82, 2.24) is 40.4 Å². The number of H-pyrrole nitrogens is 2. The van der Waals surface area contributed by atoms with Crippen LogP contribution in [0.5, 0.6) is 23.0 Å². The SMILES string of the molecule is COC(=O)N[C@@H](C(C)C)C(O)N1CCC[C@H]1c1nc(-c2ccc3c(c2)Oc2cc(-c4nc([C@@H]5CCCN5C(=O)[C@@H](NC(=O)OC)C(C)C)[nH]c4F)ccc2O3)c(F)[nH]1. The number of aliphatic hydroxyl groups is 1. The van der Waals surface area contributed by atoms with Crippen LogP contribution in [0.25, 0.3) is 22.5 Å². The molecular formula is C40H48F2N8O8. The molecule has 2 fully saturated rings. The first-order chi connectivity index (χ1) is 27.8. The van der Waals surface area contributed by atoms with Gasteiger partial charge in [0, 0.05) is 24.2 Å². The number of carbonyl (C=O) groups is 3. The lowest BCUT2D eigenvalue weighted by molar-refractivity contribution is -0.135. The Bertz CT molecular complexity index is 2180. The molecule has 5 N–H and O–H groups in total. The summed E-state index contributed by atoms with van der Waals surface area (Å²) in [7, 11) is 2.48. The number of hydrogen-bond donors (Lipinski definition) is 5. The highest BCUT2D eigenvalue weighted by atomic mass is 19.1. The highest BCUT2D eigenvalue weighted by Crippen LogP contribution is 2.48. The van der Waals surface area contributed by atoms with Gasteiger partial charge < -0.3 is 49.6 Å². The number of likely N-dealkylation sites (tertiary alicyclic amines) is 2. The van der Waals surface area contributed by atoms with Crippen molar-refractivity contribution < 1.29 is 47.2 Å². The van der Waals surface area contributed by atoms with Gasteiger partial charge in [-0.1, -0.05) is 27.7 Å². The van der Waals surface area contributed by atoms with E-state index >= 15 is 8.78 Å². The van der Waals surface area contributed by atoms with Crippen LogP contribution < -0.4 is 20.1 Å². The Morgan fingerprint density at radius 1 is 0.776 bits per heavy atom. The topological polar surface area (TPSA) is 196 Å². The van der Waals surface area contributed by atoms with Gasteiger partial charge in [-0.15, -0.1) is 0 Å². The molecule has 1 unspecified atom stereocenters. The maximum atomic E-state index is 15.6. The molecular weight excluding hydrogens is 758 g/mol. The summed E-state index contributed by atoms with van der Waals surface area (Å²) in [5.74, 6) is -0.118. The second kappa shape index (κ2) is 16.6. The summed E-state index contributed by atoms with van der Waals surface area (Å²) < 4.78 is 53.0. The minimum absolute atomic E-state index is 0.0198. The number of rotatable bonds is 11. The Hall–Kier alpha value is -5.75. The van der Waals surface area contributed by atoms with Gasteiger partial charge in [0.15, 0.2) is 23.0 Å². The van der Waals surface area contributed by atoms with Crippen LogP contribution in [-0.2, 0) is 14.3 Å². The van der Waals surface area contributed by atoms with Crippen molar-refractivity contribution in [3.05, 3.63) is 59.9 Å². The molecule has 16 nitrogen and oxygen atoms in total. The summed E-state index contributed by atoms with van der Waals surface area (Å²) in [5, 5.41) is 16.7. The number of hydrogen-bond acceptors (Lipinski definition) is 11. The van der Waals surface area contributed by atoms with E-state index in [9.17, 15) is 19.5 Å². The first-order valence-corrected chi connectivity index (χ1v) is 19.4. The third-order valence-corrected chi connectivity index (χ3v) is 10.9. The Morgan fingerprint density at radius 3 is 1.84 bits per heavy atom. The molecule has 5 heterocycles. The summed E-state index contributed by atoms with van der Waals surface area (Å²) in [6.07, 6.45) is 0.0976. The first kappa shape index (κ1) is 40.4. The van der Waals surface area contributed by atoms with Gasteiger partial charge in [0.25, 0.3) is 0 Å². The maximum absolute atomic E-state index is 15.6. The van der Waals surface area contributed by atoms with Crippen molar-refractivity contribution >= 4 is 18.1 Å². The lowest BCUT2D eigenvalue weighted by Gasteiger charge is -2.35. The summed E-state index contributed by atoms with van der Waals surface area (Å²) in [6.45, 7) is 8.31. The number of aromatic amines is 2. The highest BCUT2D eigenvalue weighted by molar-refractivity contribution is 5.86. The summed E-state index contributed by atoms with van der Waals surface area (Å²) in [6, 6.07) is 7.32. The number of nitrogens with one attached hydrogen (secondary N) is 4. The Kier molecular flexibility index (Phi) is 11.6. The van der Waals surface area contributed by atoms with Crippen molar-refractivity contribution in [3.63, 3.8) is 0 Å². The quantitative estimate of drug-likeness (QED) is 0.0975. The zero-order valence-electron chi connectivity index (χ0n) is 33.1. The lowest BCUT2D eigenvalue weighted by atomic mass is 10.0. The lowest BCUT2D eigenvalue weighted by Crippen LogP contribution is -2.54. The van der Waals surface area contributed by atoms with Crippen molar-refractivity contribution in [2.24, 2.45) is 11.8 Å². The molecule has 0 aliphatic carbocycles. The Labute approximate surface area is 333 Å². The van der Waals surface area contributed by atoms with Crippen LogP contribution in [0, 0.1) is 23.7 Å². The number of nitrogens with zero attached hydrogens (tertiary/aromatic N) is 4. The predicted molar refractivity (Wildman–Crippen MR) is 205 cm³/mol. The van der Waals surface area contributed by atoms with Crippen LogP contribution in [0.3, 0.4) is 0 Å². The number of alkyl carbamates (subject to hydrolysis) is 2. The molecule has 58 heavy (non-hydrogen) atoms. The van der Waals surface area contributed by atoms with E-state index in [1.165, 1.54) is 14.2 Å². The van der Waals surface area contributed by atoms with E-state index in [4.69, 9.17) is 18.9 Å². The Balaban J connectivity index is 1.09. The van der Waals surface area contributed by atoms with Crippen LogP contribution in [0.15, 0.2) is 36.4 Å². The number of halogens is 2. The second-order valence-electron chi connectivity index (χ2n) is 15.4. The van der Waals surface area contributed by atoms with Gasteiger partial charge in [-0.2, -0.15) is 8.78 Å². The van der Waals surface area contributed by atoms with Crippen molar-refractivity contribution in [2.45, 2.75) is 83.8 Å². The third-order valence-electron chi connectivity index (χ3n) is 10.9. The fourth-order valence-electron chi connectivity index (χ4n) is 7.89. The first-order valence-electron chi connectivity index (χ1n) is 19.4. The van der Waals surface area contributed by atoms with Crippen LogP contribution in [0.2, 0.25) is 0 Å². The number of methoxy groups -OCH3 is 2. The molecule has 2 aromatic heterocycles. The minimum Gasteiger partial charge on any atom is -0.453 e. The number of imidazole rings is 2. The minimum atomic E-state index is -1.08. The summed E-state index contributed by atoms with van der Waals surface area (Å²) >= 11 is 0. The van der Waals surface area contributed by atoms with E-state index in [2.05, 4.69) is 30.6 Å². The van der Waals surface area contributed by atoms with Gasteiger partial charge in [0.05, 0.1) is 32.3 Å². The van der Waals surface area contributed by atoms with Crippen LogP contribution in [0.4, 0.5) is 18.4 Å². The monoisotopic (exact) mass is 806 g/mol. The Morgan fingerprint density at radius 2 is 1.29 bits per heavy atom. The maximum Gasteiger partial charge on any atom is 0.407 e. The van der Waals surface area contributed by atoms with E-state index in [1.807, 2.05) is 27.7 Å². The molecule has 0 saturated carbocycles. The molecule has 3 amide bonds. The van der Waals surface area contributed by atoms with E-state index in [0.717, 1.165) is 6.42 Å². The molecule has 3 aliphatic heterocycles. The molecule has 0 radical (unpaired) electrons. The van der Waals surface area contributed by atoms with Crippen LogP contribution >= 0.6 is 0 Å². The zero-order valence-corrected chi connectivity index (χ0v) is 33.1. The largest absolute Gasteiger partial charge is 0.453 e. The van der Waals surface area contributed by atoms with Gasteiger partial charge >= 0.3 is 12.2 Å². The van der Waals surface area contributed by atoms with Gasteiger partial charge in [-0.25, -0.2) is 19.6 Å². The average molecular weight is 807 g/mol. The molecule has 18 heteroatoms. The van der Waals surface area contributed by atoms with E-state index in [0.29, 0.717) is 60.8 Å². The fourth-order valence-corrected chi connectivity index (χ4v) is 7.89. The van der Waals surface area contributed by atoms with Crippen molar-refractivity contribution in [1.29, 1.82) is 0 Å². The number of ether oxygens (including phenoxy) is 4. The number of amides is 3. The van der Waals surface area contributed by atoms with Gasteiger partial charge in [-0.3, -0.25) is 9.69 Å². The summed E-state index contributed by atoms with van der Waals surface area (Å²) in [5.41, 5.74) is 0.853. The van der Waals surface area contributed by atoms with Crippen LogP contribution in [0.1, 0.15) is 77.1 Å². The number of benzene rings is 2. The standard InChI is InChI=1S/C40H48F2N8O8/c1-19(2)29(45-39(53)55-5)37(51)49-15-7-9-23(49)35-43-31(33(41)47-35)21-11-13-25-27(17-21)58-28-18-22(12-14-26(28)57-25)32-34(42)48-36(44-32)24-10-8-16-50(24)38(52)30(20(3)4)46-40(54)56-6/h11-14,17-20,23-24,29-30,37,51H,7-10,15-16H2,1-6H3,(H,43,47)(H,44,48)(H,45,53)(H,46,54)/t23-,24-,29-,30-,37?/m0/s1. The molecule has 0 spiro atoms. The second-order valence-corrected chi connectivity index (χ2v) is 15.4. The molecule has 2 saturated heterocycles. The number of fused-ring (bicyclic) bond motifs is 2. The van der Waals surface area contributed by atoms with Crippen molar-refractivity contribution in [3.8, 4) is 45.5 Å². The average Bonchev–Trinajstić information content (AvgIpc) is 4.03. The number of aliphatic hydroxyl groups excluding tert-OH is 1. The third kappa shape index (κ3) is 7.90. The van der Waals surface area contributed by atoms with E-state index in [1.54, 1.807) is 46.2 Å². The normalized spacial score (nSPS) is 19.2. The molecule has 2 aromatic carbocycles. The van der Waals surface area contributed by atoms with E-state index in [-0.39, 0.29) is 46.5 Å². The highest BCUT2D eigenvalue weighted by Gasteiger charge is 2.40. The van der Waals surface area contributed by atoms with E-state index < -0.39 is 54.5 Å². The predicted octanol–water partition coefficient (Wildman–Crippen LogP) is 6.52.